The summed E-state index contributed by atoms with van der Waals surface area (Å²) in [6.45, 7) is 1.92. The number of nitrogens with one attached hydrogen (secondary N) is 2. The molecule has 3 aromatic rings. The zero-order valence-electron chi connectivity index (χ0n) is 15.6. The Hall–Kier alpha value is -2.83. The lowest BCUT2D eigenvalue weighted by molar-refractivity contribution is 0.102. The molecule has 1 aromatic heterocycles. The van der Waals surface area contributed by atoms with Crippen LogP contribution in [-0.4, -0.2) is 30.0 Å². The van der Waals surface area contributed by atoms with Crippen molar-refractivity contribution >= 4 is 52.3 Å². The number of halogens is 2. The van der Waals surface area contributed by atoms with Gasteiger partial charge >= 0.3 is 0 Å². The maximum Gasteiger partial charge on any atom is 0.257 e. The van der Waals surface area contributed by atoms with Crippen LogP contribution >= 0.6 is 23.2 Å². The Morgan fingerprint density at radius 3 is 2.32 bits per heavy atom. The van der Waals surface area contributed by atoms with Gasteiger partial charge in [-0.05, 0) is 49.4 Å². The molecule has 28 heavy (non-hydrogen) atoms. The Balaban J connectivity index is 1.72. The van der Waals surface area contributed by atoms with Crippen LogP contribution in [-0.2, 0) is 0 Å². The molecule has 8 heteroatoms. The minimum absolute atomic E-state index is 0.320. The molecule has 2 N–H and O–H groups in total. The average Bonchev–Trinajstić information content (AvgIpc) is 2.64. The fraction of sp³-hybridized carbons (Fsp3) is 0.150. The Morgan fingerprint density at radius 1 is 0.964 bits per heavy atom. The number of anilines is 4. The monoisotopic (exact) mass is 415 g/mol. The first-order chi connectivity index (χ1) is 13.3. The normalized spacial score (nSPS) is 10.5. The summed E-state index contributed by atoms with van der Waals surface area (Å²) in [6, 6.07) is 13.9. The number of aromatic nitrogens is 2. The van der Waals surface area contributed by atoms with Crippen LogP contribution in [0.25, 0.3) is 0 Å². The van der Waals surface area contributed by atoms with E-state index in [1.165, 1.54) is 6.07 Å². The Bertz CT molecular complexity index is 1010. The first-order valence-corrected chi connectivity index (χ1v) is 9.24. The van der Waals surface area contributed by atoms with Crippen LogP contribution in [0.3, 0.4) is 0 Å². The number of aryl methyl sites for hydroxylation is 1. The van der Waals surface area contributed by atoms with Gasteiger partial charge in [0.2, 0.25) is 5.95 Å². The minimum Gasteiger partial charge on any atom is -0.363 e. The van der Waals surface area contributed by atoms with Gasteiger partial charge in [0.25, 0.3) is 5.91 Å². The van der Waals surface area contributed by atoms with E-state index in [9.17, 15) is 4.79 Å². The zero-order valence-corrected chi connectivity index (χ0v) is 17.1. The van der Waals surface area contributed by atoms with E-state index in [0.717, 1.165) is 17.2 Å². The Labute approximate surface area is 173 Å². The fourth-order valence-electron chi connectivity index (χ4n) is 2.47. The van der Waals surface area contributed by atoms with Gasteiger partial charge in [-0.1, -0.05) is 23.2 Å². The number of hydrogen-bond donors (Lipinski definition) is 2. The topological polar surface area (TPSA) is 70.2 Å². The molecule has 0 saturated heterocycles. The molecule has 0 aliphatic heterocycles. The summed E-state index contributed by atoms with van der Waals surface area (Å²) in [6.07, 6.45) is 0. The molecule has 144 valence electrons. The van der Waals surface area contributed by atoms with E-state index in [0.29, 0.717) is 27.2 Å². The summed E-state index contributed by atoms with van der Waals surface area (Å²) >= 11 is 12.0. The summed E-state index contributed by atoms with van der Waals surface area (Å²) in [7, 11) is 3.85. The summed E-state index contributed by atoms with van der Waals surface area (Å²) in [5.41, 5.74) is 2.61. The first kappa shape index (κ1) is 19.9. The maximum absolute atomic E-state index is 12.4. The summed E-state index contributed by atoms with van der Waals surface area (Å²) in [5.74, 6) is 0.995. The number of rotatable bonds is 5. The largest absolute Gasteiger partial charge is 0.363 e. The van der Waals surface area contributed by atoms with E-state index in [2.05, 4.69) is 20.6 Å². The molecule has 0 spiro atoms. The Kier molecular flexibility index (Phi) is 6.02. The second-order valence-electron chi connectivity index (χ2n) is 6.37. The third-order valence-corrected chi connectivity index (χ3v) is 4.44. The van der Waals surface area contributed by atoms with E-state index in [4.69, 9.17) is 23.2 Å². The molecular formula is C20H19Cl2N5O. The summed E-state index contributed by atoms with van der Waals surface area (Å²) in [5, 5.41) is 6.76. The van der Waals surface area contributed by atoms with Crippen molar-refractivity contribution in [1.82, 2.24) is 9.97 Å². The van der Waals surface area contributed by atoms with Gasteiger partial charge in [-0.3, -0.25) is 4.79 Å². The molecular weight excluding hydrogens is 397 g/mol. The van der Waals surface area contributed by atoms with Crippen molar-refractivity contribution in [1.29, 1.82) is 0 Å². The van der Waals surface area contributed by atoms with Gasteiger partial charge < -0.3 is 15.5 Å². The molecule has 2 aromatic carbocycles. The molecule has 0 aliphatic rings. The van der Waals surface area contributed by atoms with Crippen LogP contribution in [0.5, 0.6) is 0 Å². The van der Waals surface area contributed by atoms with E-state index < -0.39 is 0 Å². The number of nitrogens with zero attached hydrogens (tertiary/aromatic N) is 3. The van der Waals surface area contributed by atoms with Crippen molar-refractivity contribution in [3.63, 3.8) is 0 Å². The molecule has 0 fully saturated rings. The van der Waals surface area contributed by atoms with Gasteiger partial charge in [0.15, 0.2) is 0 Å². The van der Waals surface area contributed by atoms with Crippen molar-refractivity contribution in [3.05, 3.63) is 69.8 Å². The molecule has 0 radical (unpaired) electrons. The van der Waals surface area contributed by atoms with Gasteiger partial charge in [-0.2, -0.15) is 4.98 Å². The van der Waals surface area contributed by atoms with Crippen molar-refractivity contribution in [2.24, 2.45) is 0 Å². The SMILES string of the molecule is Cc1cc(N(C)C)nc(Nc2ccc(NC(=O)c3cc(Cl)ccc3Cl)cc2)n1. The van der Waals surface area contributed by atoms with E-state index in [-0.39, 0.29) is 5.91 Å². The summed E-state index contributed by atoms with van der Waals surface area (Å²) in [4.78, 5) is 23.2. The van der Waals surface area contributed by atoms with Crippen LogP contribution in [0, 0.1) is 6.92 Å². The molecule has 1 heterocycles. The first-order valence-electron chi connectivity index (χ1n) is 8.48. The van der Waals surface area contributed by atoms with Crippen molar-refractivity contribution in [3.8, 4) is 0 Å². The van der Waals surface area contributed by atoms with Crippen molar-refractivity contribution < 1.29 is 4.79 Å². The highest BCUT2D eigenvalue weighted by atomic mass is 35.5. The van der Waals surface area contributed by atoms with Gasteiger partial charge in [-0.25, -0.2) is 4.98 Å². The molecule has 0 aliphatic carbocycles. The van der Waals surface area contributed by atoms with E-state index in [1.54, 1.807) is 24.3 Å². The maximum atomic E-state index is 12.4. The number of carbonyl (C=O) groups excluding carboxylic acids is 1. The predicted molar refractivity (Wildman–Crippen MR) is 115 cm³/mol. The second kappa shape index (κ2) is 8.46. The molecule has 0 saturated carbocycles. The average molecular weight is 416 g/mol. The van der Waals surface area contributed by atoms with Crippen molar-refractivity contribution in [2.45, 2.75) is 6.92 Å². The lowest BCUT2D eigenvalue weighted by atomic mass is 10.2. The highest BCUT2D eigenvalue weighted by Gasteiger charge is 2.11. The van der Waals surface area contributed by atoms with Gasteiger partial charge in [0.1, 0.15) is 5.82 Å². The molecule has 0 atom stereocenters. The molecule has 1 amide bonds. The third kappa shape index (κ3) is 4.91. The quantitative estimate of drug-likeness (QED) is 0.602. The van der Waals surface area contributed by atoms with Gasteiger partial charge in [0, 0.05) is 42.3 Å². The van der Waals surface area contributed by atoms with Crippen LogP contribution in [0.4, 0.5) is 23.1 Å². The molecule has 3 rings (SSSR count). The number of benzene rings is 2. The predicted octanol–water partition coefficient (Wildman–Crippen LogP) is 5.15. The lowest BCUT2D eigenvalue weighted by Gasteiger charge is -2.14. The van der Waals surface area contributed by atoms with Crippen LogP contribution in [0.2, 0.25) is 10.0 Å². The van der Waals surface area contributed by atoms with Gasteiger partial charge in [-0.15, -0.1) is 0 Å². The zero-order chi connectivity index (χ0) is 20.3. The van der Waals surface area contributed by atoms with Crippen molar-refractivity contribution in [2.75, 3.05) is 29.6 Å². The highest BCUT2D eigenvalue weighted by molar-refractivity contribution is 6.36. The third-order valence-electron chi connectivity index (χ3n) is 3.87. The second-order valence-corrected chi connectivity index (χ2v) is 7.21. The fourth-order valence-corrected chi connectivity index (χ4v) is 2.85. The smallest absolute Gasteiger partial charge is 0.257 e. The molecule has 0 unspecified atom stereocenters. The Morgan fingerprint density at radius 2 is 1.64 bits per heavy atom. The standard InChI is InChI=1S/C20H19Cl2N5O/c1-12-10-18(27(2)3)26-20(23-12)25-15-7-5-14(6-8-15)24-19(28)16-11-13(21)4-9-17(16)22/h4-11H,1-3H3,(H,24,28)(H,23,25,26). The van der Waals surface area contributed by atoms with Crippen LogP contribution in [0.1, 0.15) is 16.1 Å². The lowest BCUT2D eigenvalue weighted by Crippen LogP contribution is -2.13. The van der Waals surface area contributed by atoms with Crippen LogP contribution in [0.15, 0.2) is 48.5 Å². The minimum atomic E-state index is -0.328. The number of hydrogen-bond acceptors (Lipinski definition) is 5. The highest BCUT2D eigenvalue weighted by Crippen LogP contribution is 2.23. The number of carbonyl (C=O) groups is 1. The van der Waals surface area contributed by atoms with Gasteiger partial charge in [0.05, 0.1) is 10.6 Å². The summed E-state index contributed by atoms with van der Waals surface area (Å²) < 4.78 is 0. The van der Waals surface area contributed by atoms with Crippen LogP contribution < -0.4 is 15.5 Å². The van der Waals surface area contributed by atoms with E-state index in [1.807, 2.05) is 44.1 Å². The number of amides is 1. The van der Waals surface area contributed by atoms with E-state index >= 15 is 0 Å². The molecule has 0 bridgehead atoms. The molecule has 6 nitrogen and oxygen atoms in total.